The molecule has 4 nitrogen and oxygen atoms in total. The smallest absolute Gasteiger partial charge is 0.0846 e. The molecule has 0 saturated carbocycles. The topological polar surface area (TPSA) is 58.9 Å². The summed E-state index contributed by atoms with van der Waals surface area (Å²) in [6.07, 6.45) is 0.416. The van der Waals surface area contributed by atoms with Crippen LogP contribution in [0.3, 0.4) is 0 Å². The number of hydrogen-bond acceptors (Lipinski definition) is 4. The highest BCUT2D eigenvalue weighted by Crippen LogP contribution is 1.93. The number of hydrogen-bond donors (Lipinski definition) is 2. The van der Waals surface area contributed by atoms with E-state index in [1.165, 1.54) is 0 Å². The quantitative estimate of drug-likeness (QED) is 0.338. The van der Waals surface area contributed by atoms with Gasteiger partial charge in [0.25, 0.3) is 0 Å². The van der Waals surface area contributed by atoms with Crippen molar-refractivity contribution in [1.82, 2.24) is 0 Å². The first kappa shape index (κ1) is 11.8. The van der Waals surface area contributed by atoms with E-state index in [4.69, 9.17) is 20.0 Å². The molecule has 2 unspecified atom stereocenters. The zero-order valence-corrected chi connectivity index (χ0v) is 7.69. The zero-order valence-electron chi connectivity index (χ0n) is 7.69. The van der Waals surface area contributed by atoms with Gasteiger partial charge in [-0.2, -0.15) is 0 Å². The molecule has 0 radical (unpaired) electrons. The third-order valence-corrected chi connectivity index (χ3v) is 1.32. The predicted molar refractivity (Wildman–Crippen MR) is 44.5 cm³/mol. The van der Waals surface area contributed by atoms with Crippen molar-refractivity contribution >= 4 is 0 Å². The highest BCUT2D eigenvalue weighted by Gasteiger charge is 1.97. The van der Waals surface area contributed by atoms with Gasteiger partial charge in [0.2, 0.25) is 0 Å². The van der Waals surface area contributed by atoms with E-state index in [-0.39, 0.29) is 12.2 Å². The van der Waals surface area contributed by atoms with Gasteiger partial charge in [0.15, 0.2) is 0 Å². The monoisotopic (exact) mass is 178 g/mol. The molecule has 0 aliphatic heterocycles. The second-order valence-corrected chi connectivity index (χ2v) is 2.92. The van der Waals surface area contributed by atoms with Gasteiger partial charge < -0.3 is 10.2 Å². The van der Waals surface area contributed by atoms with Crippen LogP contribution in [0.15, 0.2) is 0 Å². The van der Waals surface area contributed by atoms with Crippen LogP contribution in [0.25, 0.3) is 0 Å². The number of aliphatic hydroxyl groups excluding tert-OH is 2. The SMILES string of the molecule is CC(O)CCOOCCC(C)O. The van der Waals surface area contributed by atoms with Gasteiger partial charge >= 0.3 is 0 Å². The van der Waals surface area contributed by atoms with Gasteiger partial charge in [0.1, 0.15) is 0 Å². The minimum absolute atomic E-state index is 0.356. The zero-order chi connectivity index (χ0) is 9.40. The maximum atomic E-state index is 8.82. The third-order valence-electron chi connectivity index (χ3n) is 1.32. The molecule has 0 aromatic carbocycles. The molecule has 0 aromatic heterocycles. The van der Waals surface area contributed by atoms with Crippen molar-refractivity contribution in [2.45, 2.75) is 38.9 Å². The highest BCUT2D eigenvalue weighted by atomic mass is 17.2. The Hall–Kier alpha value is -0.160. The van der Waals surface area contributed by atoms with Crippen LogP contribution in [-0.4, -0.2) is 35.6 Å². The van der Waals surface area contributed by atoms with E-state index >= 15 is 0 Å². The molecule has 0 rings (SSSR count). The summed E-state index contributed by atoms with van der Waals surface area (Å²) in [5.41, 5.74) is 0. The van der Waals surface area contributed by atoms with Crippen LogP contribution < -0.4 is 0 Å². The molecule has 0 heterocycles. The van der Waals surface area contributed by atoms with E-state index < -0.39 is 0 Å². The average Bonchev–Trinajstić information content (AvgIpc) is 1.95. The number of aliphatic hydroxyl groups is 2. The molecule has 0 saturated heterocycles. The van der Waals surface area contributed by atoms with Crippen LogP contribution in [0, 0.1) is 0 Å². The Balaban J connectivity index is 2.91. The van der Waals surface area contributed by atoms with E-state index in [0.29, 0.717) is 26.1 Å². The lowest BCUT2D eigenvalue weighted by Gasteiger charge is -2.06. The summed E-state index contributed by atoms with van der Waals surface area (Å²) in [6.45, 7) is 4.16. The fourth-order valence-corrected chi connectivity index (χ4v) is 0.555. The summed E-state index contributed by atoms with van der Waals surface area (Å²) in [7, 11) is 0. The molecule has 4 heteroatoms. The van der Waals surface area contributed by atoms with E-state index in [2.05, 4.69) is 0 Å². The molecule has 0 fully saturated rings. The van der Waals surface area contributed by atoms with Crippen molar-refractivity contribution < 1.29 is 20.0 Å². The summed E-state index contributed by atoms with van der Waals surface area (Å²) in [4.78, 5) is 9.45. The van der Waals surface area contributed by atoms with Crippen LogP contribution in [0.2, 0.25) is 0 Å². The fraction of sp³-hybridized carbons (Fsp3) is 1.00. The normalized spacial score (nSPS) is 16.0. The Labute approximate surface area is 73.0 Å². The van der Waals surface area contributed by atoms with Gasteiger partial charge in [-0.05, 0) is 26.7 Å². The van der Waals surface area contributed by atoms with Gasteiger partial charge in [0.05, 0.1) is 25.4 Å². The van der Waals surface area contributed by atoms with Gasteiger partial charge in [-0.3, -0.25) is 0 Å². The van der Waals surface area contributed by atoms with Crippen molar-refractivity contribution in [2.75, 3.05) is 13.2 Å². The first-order chi connectivity index (χ1) is 5.63. The molecule has 0 bridgehead atoms. The van der Waals surface area contributed by atoms with E-state index in [0.717, 1.165) is 0 Å². The Morgan fingerprint density at radius 2 is 1.25 bits per heavy atom. The van der Waals surface area contributed by atoms with Crippen LogP contribution in [0.1, 0.15) is 26.7 Å². The summed E-state index contributed by atoms with van der Waals surface area (Å²) >= 11 is 0. The molecular formula is C8H18O4. The fourth-order valence-electron chi connectivity index (χ4n) is 0.555. The van der Waals surface area contributed by atoms with Gasteiger partial charge in [-0.25, -0.2) is 9.78 Å². The maximum absolute atomic E-state index is 8.82. The number of rotatable bonds is 7. The second kappa shape index (κ2) is 7.49. The van der Waals surface area contributed by atoms with Crippen LogP contribution in [0.4, 0.5) is 0 Å². The largest absolute Gasteiger partial charge is 0.393 e. The Morgan fingerprint density at radius 3 is 1.50 bits per heavy atom. The molecule has 0 amide bonds. The molecule has 0 aliphatic rings. The summed E-state index contributed by atoms with van der Waals surface area (Å²) in [6, 6.07) is 0. The van der Waals surface area contributed by atoms with E-state index in [1.54, 1.807) is 13.8 Å². The molecule has 74 valence electrons. The van der Waals surface area contributed by atoms with Crippen molar-refractivity contribution in [3.8, 4) is 0 Å². The molecule has 0 spiro atoms. The van der Waals surface area contributed by atoms with Gasteiger partial charge in [-0.15, -0.1) is 0 Å². The lowest BCUT2D eigenvalue weighted by atomic mass is 10.3. The van der Waals surface area contributed by atoms with E-state index in [1.807, 2.05) is 0 Å². The Morgan fingerprint density at radius 1 is 0.917 bits per heavy atom. The Kier molecular flexibility index (Phi) is 7.39. The van der Waals surface area contributed by atoms with Gasteiger partial charge in [0, 0.05) is 0 Å². The second-order valence-electron chi connectivity index (χ2n) is 2.92. The predicted octanol–water partition coefficient (Wildman–Crippen LogP) is 0.476. The minimum atomic E-state index is -0.356. The van der Waals surface area contributed by atoms with Crippen molar-refractivity contribution in [1.29, 1.82) is 0 Å². The van der Waals surface area contributed by atoms with Crippen LogP contribution >= 0.6 is 0 Å². The van der Waals surface area contributed by atoms with E-state index in [9.17, 15) is 0 Å². The standard InChI is InChI=1S/C8H18O4/c1-7(9)3-5-11-12-6-4-8(2)10/h7-10H,3-6H2,1-2H3. The first-order valence-corrected chi connectivity index (χ1v) is 4.23. The molecule has 2 atom stereocenters. The minimum Gasteiger partial charge on any atom is -0.393 e. The summed E-state index contributed by atoms with van der Waals surface area (Å²) < 4.78 is 0. The summed E-state index contributed by atoms with van der Waals surface area (Å²) in [5.74, 6) is 0. The molecule has 0 aliphatic carbocycles. The molecule has 2 N–H and O–H groups in total. The molecule has 12 heavy (non-hydrogen) atoms. The average molecular weight is 178 g/mol. The first-order valence-electron chi connectivity index (χ1n) is 4.23. The lowest BCUT2D eigenvalue weighted by Crippen LogP contribution is -2.09. The van der Waals surface area contributed by atoms with Crippen LogP contribution in [-0.2, 0) is 9.78 Å². The third kappa shape index (κ3) is 9.84. The van der Waals surface area contributed by atoms with Crippen LogP contribution in [0.5, 0.6) is 0 Å². The highest BCUT2D eigenvalue weighted by molar-refractivity contribution is 4.43. The Bertz CT molecular complexity index is 81.1. The van der Waals surface area contributed by atoms with Crippen molar-refractivity contribution in [2.24, 2.45) is 0 Å². The molecular weight excluding hydrogens is 160 g/mol. The maximum Gasteiger partial charge on any atom is 0.0846 e. The van der Waals surface area contributed by atoms with Crippen molar-refractivity contribution in [3.05, 3.63) is 0 Å². The summed E-state index contributed by atoms with van der Waals surface area (Å²) in [5, 5.41) is 17.6. The van der Waals surface area contributed by atoms with Crippen molar-refractivity contribution in [3.63, 3.8) is 0 Å². The molecule has 0 aromatic rings. The lowest BCUT2D eigenvalue weighted by molar-refractivity contribution is -0.298. The van der Waals surface area contributed by atoms with Gasteiger partial charge in [-0.1, -0.05) is 0 Å².